The summed E-state index contributed by atoms with van der Waals surface area (Å²) in [5.41, 5.74) is 0. The number of carbonyl (C=O) groups excluding carboxylic acids is 1. The Morgan fingerprint density at radius 2 is 1.67 bits per heavy atom. The first-order valence-electron chi connectivity index (χ1n) is 7.40. The molecule has 0 aliphatic heterocycles. The molecule has 0 aromatic heterocycles. The lowest BCUT2D eigenvalue weighted by molar-refractivity contribution is -0.131. The second kappa shape index (κ2) is 11.5. The minimum Gasteiger partial charge on any atom is -0.343 e. The van der Waals surface area contributed by atoms with Crippen LogP contribution in [0, 0.1) is 0 Å². The van der Waals surface area contributed by atoms with E-state index in [2.05, 4.69) is 37.9 Å². The SMILES string of the molecule is CCNCCC(=O)N(CC)CCCN(CC)CC. The predicted octanol–water partition coefficient (Wildman–Crippen LogP) is 1.57. The molecule has 0 heterocycles. The van der Waals surface area contributed by atoms with Crippen LogP contribution in [0.1, 0.15) is 40.5 Å². The van der Waals surface area contributed by atoms with Crippen molar-refractivity contribution in [1.29, 1.82) is 0 Å². The third-order valence-electron chi connectivity index (χ3n) is 3.30. The molecule has 4 heteroatoms. The van der Waals surface area contributed by atoms with Crippen LogP contribution in [0.3, 0.4) is 0 Å². The molecule has 0 rings (SSSR count). The number of nitrogens with zero attached hydrogens (tertiary/aromatic N) is 2. The third-order valence-corrected chi connectivity index (χ3v) is 3.30. The van der Waals surface area contributed by atoms with Gasteiger partial charge in [-0.15, -0.1) is 0 Å². The normalized spacial score (nSPS) is 10.9. The van der Waals surface area contributed by atoms with Crippen molar-refractivity contribution in [1.82, 2.24) is 15.1 Å². The second-order valence-electron chi connectivity index (χ2n) is 4.46. The van der Waals surface area contributed by atoms with Crippen molar-refractivity contribution >= 4 is 5.91 Å². The Hall–Kier alpha value is -0.610. The maximum Gasteiger partial charge on any atom is 0.223 e. The molecule has 0 fully saturated rings. The molecule has 1 N–H and O–H groups in total. The van der Waals surface area contributed by atoms with E-state index in [0.717, 1.165) is 52.2 Å². The van der Waals surface area contributed by atoms with E-state index in [4.69, 9.17) is 0 Å². The van der Waals surface area contributed by atoms with Gasteiger partial charge in [0.2, 0.25) is 5.91 Å². The highest BCUT2D eigenvalue weighted by Gasteiger charge is 2.10. The Morgan fingerprint density at radius 1 is 1.00 bits per heavy atom. The smallest absolute Gasteiger partial charge is 0.223 e. The van der Waals surface area contributed by atoms with Crippen LogP contribution in [-0.4, -0.2) is 61.5 Å². The van der Waals surface area contributed by atoms with Crippen LogP contribution in [-0.2, 0) is 4.79 Å². The highest BCUT2D eigenvalue weighted by molar-refractivity contribution is 5.76. The molecule has 1 amide bonds. The number of amides is 1. The molecular formula is C14H31N3O. The van der Waals surface area contributed by atoms with Crippen molar-refractivity contribution in [3.05, 3.63) is 0 Å². The van der Waals surface area contributed by atoms with Gasteiger partial charge >= 0.3 is 0 Å². The lowest BCUT2D eigenvalue weighted by Gasteiger charge is -2.23. The van der Waals surface area contributed by atoms with Crippen molar-refractivity contribution in [2.45, 2.75) is 40.5 Å². The summed E-state index contributed by atoms with van der Waals surface area (Å²) in [6.45, 7) is 15.2. The van der Waals surface area contributed by atoms with Gasteiger partial charge in [-0.2, -0.15) is 0 Å². The quantitative estimate of drug-likeness (QED) is 0.571. The van der Waals surface area contributed by atoms with Crippen LogP contribution in [0.25, 0.3) is 0 Å². The molecule has 0 aliphatic rings. The topological polar surface area (TPSA) is 35.6 Å². The van der Waals surface area contributed by atoms with E-state index in [-0.39, 0.29) is 5.91 Å². The second-order valence-corrected chi connectivity index (χ2v) is 4.46. The number of nitrogens with one attached hydrogen (secondary N) is 1. The van der Waals surface area contributed by atoms with Gasteiger partial charge in [0.25, 0.3) is 0 Å². The minimum absolute atomic E-state index is 0.276. The Bertz CT molecular complexity index is 205. The van der Waals surface area contributed by atoms with Crippen LogP contribution in [0.5, 0.6) is 0 Å². The van der Waals surface area contributed by atoms with E-state index in [1.54, 1.807) is 0 Å². The average molecular weight is 257 g/mol. The van der Waals surface area contributed by atoms with E-state index in [9.17, 15) is 4.79 Å². The van der Waals surface area contributed by atoms with Crippen LogP contribution < -0.4 is 5.32 Å². The molecule has 0 spiro atoms. The number of rotatable bonds is 11. The standard InChI is InChI=1S/C14H31N3O/c1-5-15-11-10-14(18)17(8-4)13-9-12-16(6-2)7-3/h15H,5-13H2,1-4H3. The summed E-state index contributed by atoms with van der Waals surface area (Å²) < 4.78 is 0. The van der Waals surface area contributed by atoms with Gasteiger partial charge in [-0.1, -0.05) is 20.8 Å². The molecule has 4 nitrogen and oxygen atoms in total. The summed E-state index contributed by atoms with van der Waals surface area (Å²) in [4.78, 5) is 16.3. The Balaban J connectivity index is 3.84. The lowest BCUT2D eigenvalue weighted by Crippen LogP contribution is -2.35. The maximum atomic E-state index is 11.9. The molecule has 18 heavy (non-hydrogen) atoms. The molecule has 108 valence electrons. The predicted molar refractivity (Wildman–Crippen MR) is 77.8 cm³/mol. The zero-order chi connectivity index (χ0) is 13.8. The van der Waals surface area contributed by atoms with Crippen molar-refractivity contribution in [3.8, 4) is 0 Å². The van der Waals surface area contributed by atoms with Gasteiger partial charge in [0.05, 0.1) is 0 Å². The maximum absolute atomic E-state index is 11.9. The van der Waals surface area contributed by atoms with Crippen LogP contribution in [0.15, 0.2) is 0 Å². The lowest BCUT2D eigenvalue weighted by atomic mass is 10.3. The molecule has 0 bridgehead atoms. The van der Waals surface area contributed by atoms with Gasteiger partial charge in [-0.05, 0) is 39.5 Å². The number of hydrogen-bond donors (Lipinski definition) is 1. The van der Waals surface area contributed by atoms with Crippen molar-refractivity contribution in [2.24, 2.45) is 0 Å². The molecular weight excluding hydrogens is 226 g/mol. The fraction of sp³-hybridized carbons (Fsp3) is 0.929. The number of hydrogen-bond acceptors (Lipinski definition) is 3. The van der Waals surface area contributed by atoms with E-state index >= 15 is 0 Å². The summed E-state index contributed by atoms with van der Waals surface area (Å²) >= 11 is 0. The molecule has 0 aliphatic carbocycles. The van der Waals surface area contributed by atoms with Crippen LogP contribution in [0.4, 0.5) is 0 Å². The summed E-state index contributed by atoms with van der Waals surface area (Å²) in [7, 11) is 0. The average Bonchev–Trinajstić information content (AvgIpc) is 2.39. The summed E-state index contributed by atoms with van der Waals surface area (Å²) in [5, 5.41) is 3.19. The van der Waals surface area contributed by atoms with Gasteiger partial charge in [-0.25, -0.2) is 0 Å². The summed E-state index contributed by atoms with van der Waals surface area (Å²) in [6, 6.07) is 0. The highest BCUT2D eigenvalue weighted by Crippen LogP contribution is 1.98. The first kappa shape index (κ1) is 17.4. The molecule has 0 radical (unpaired) electrons. The zero-order valence-corrected chi connectivity index (χ0v) is 12.7. The molecule has 0 aromatic carbocycles. The zero-order valence-electron chi connectivity index (χ0n) is 12.7. The molecule has 0 aromatic rings. The summed E-state index contributed by atoms with van der Waals surface area (Å²) in [5.74, 6) is 0.276. The largest absolute Gasteiger partial charge is 0.343 e. The monoisotopic (exact) mass is 257 g/mol. The van der Waals surface area contributed by atoms with Crippen molar-refractivity contribution < 1.29 is 4.79 Å². The van der Waals surface area contributed by atoms with Gasteiger partial charge < -0.3 is 15.1 Å². The minimum atomic E-state index is 0.276. The van der Waals surface area contributed by atoms with E-state index in [0.29, 0.717) is 6.42 Å². The van der Waals surface area contributed by atoms with E-state index < -0.39 is 0 Å². The molecule has 0 unspecified atom stereocenters. The van der Waals surface area contributed by atoms with Crippen LogP contribution in [0.2, 0.25) is 0 Å². The van der Waals surface area contributed by atoms with E-state index in [1.807, 2.05) is 4.90 Å². The highest BCUT2D eigenvalue weighted by atomic mass is 16.2. The first-order chi connectivity index (χ1) is 8.69. The third kappa shape index (κ3) is 7.67. The molecule has 0 saturated heterocycles. The van der Waals surface area contributed by atoms with Gasteiger partial charge in [-0.3, -0.25) is 4.79 Å². The fourth-order valence-electron chi connectivity index (χ4n) is 2.01. The Morgan fingerprint density at radius 3 is 2.17 bits per heavy atom. The van der Waals surface area contributed by atoms with E-state index in [1.165, 1.54) is 0 Å². The Labute approximate surface area is 113 Å². The van der Waals surface area contributed by atoms with Gasteiger partial charge in [0.15, 0.2) is 0 Å². The van der Waals surface area contributed by atoms with Crippen molar-refractivity contribution in [2.75, 3.05) is 45.8 Å². The molecule has 0 saturated carbocycles. The van der Waals surface area contributed by atoms with Crippen LogP contribution >= 0.6 is 0 Å². The first-order valence-corrected chi connectivity index (χ1v) is 7.40. The molecule has 0 atom stereocenters. The van der Waals surface area contributed by atoms with Gasteiger partial charge in [0, 0.05) is 26.1 Å². The fourth-order valence-corrected chi connectivity index (χ4v) is 2.01. The Kier molecular flexibility index (Phi) is 11.1. The van der Waals surface area contributed by atoms with Gasteiger partial charge in [0.1, 0.15) is 0 Å². The van der Waals surface area contributed by atoms with Crippen molar-refractivity contribution in [3.63, 3.8) is 0 Å². The summed E-state index contributed by atoms with van der Waals surface area (Å²) in [6.07, 6.45) is 1.69. The number of carbonyl (C=O) groups is 1.